The van der Waals surface area contributed by atoms with Gasteiger partial charge in [-0.25, -0.2) is 9.97 Å². The lowest BCUT2D eigenvalue weighted by molar-refractivity contribution is -0.119. The van der Waals surface area contributed by atoms with Crippen LogP contribution < -0.4 is 0 Å². The number of hydrogen-bond donors (Lipinski definition) is 2. The second-order valence-electron chi connectivity index (χ2n) is 5.94. The highest BCUT2D eigenvalue weighted by atomic mass is 16.1. The zero-order valence-corrected chi connectivity index (χ0v) is 13.2. The Morgan fingerprint density at radius 2 is 1.21 bits per heavy atom. The molecule has 4 aromatic rings. The maximum Gasteiger partial charge on any atom is 0.133 e. The van der Waals surface area contributed by atoms with E-state index in [1.807, 2.05) is 48.5 Å². The summed E-state index contributed by atoms with van der Waals surface area (Å²) in [6.45, 7) is 0. The number of aryl methyl sites for hydroxylation is 2. The van der Waals surface area contributed by atoms with Crippen molar-refractivity contribution >= 4 is 27.9 Å². The van der Waals surface area contributed by atoms with E-state index in [4.69, 9.17) is 0 Å². The van der Waals surface area contributed by atoms with Crippen LogP contribution in [0, 0.1) is 0 Å². The summed E-state index contributed by atoms with van der Waals surface area (Å²) < 4.78 is 0. The second kappa shape index (κ2) is 6.28. The number of rotatable bonds is 6. The van der Waals surface area contributed by atoms with Gasteiger partial charge in [0.1, 0.15) is 17.4 Å². The summed E-state index contributed by atoms with van der Waals surface area (Å²) in [5.74, 6) is 1.97. The lowest BCUT2D eigenvalue weighted by Gasteiger charge is -1.98. The molecule has 2 aromatic carbocycles. The first kappa shape index (κ1) is 14.6. The van der Waals surface area contributed by atoms with Gasteiger partial charge in [-0.05, 0) is 24.3 Å². The second-order valence-corrected chi connectivity index (χ2v) is 5.94. The number of imidazole rings is 2. The Hall–Kier alpha value is -2.95. The first-order valence-corrected chi connectivity index (χ1v) is 8.17. The molecule has 0 bridgehead atoms. The quantitative estimate of drug-likeness (QED) is 0.570. The van der Waals surface area contributed by atoms with Crippen molar-refractivity contribution in [3.05, 3.63) is 60.2 Å². The first-order chi connectivity index (χ1) is 11.8. The van der Waals surface area contributed by atoms with Crippen molar-refractivity contribution in [1.82, 2.24) is 19.9 Å². The van der Waals surface area contributed by atoms with Crippen LogP contribution in [0.2, 0.25) is 0 Å². The van der Waals surface area contributed by atoms with E-state index in [-0.39, 0.29) is 5.78 Å². The Labute approximate surface area is 139 Å². The number of fused-ring (bicyclic) bond motifs is 2. The number of para-hydroxylation sites is 4. The Bertz CT molecular complexity index is 853. The number of nitrogens with zero attached hydrogens (tertiary/aromatic N) is 2. The SMILES string of the molecule is O=C(CCc1nc2ccccc2[nH]1)CCc1nc2ccccc2[nH]1. The molecule has 0 atom stereocenters. The number of carbonyl (C=O) groups excluding carboxylic acids is 1. The molecule has 0 fully saturated rings. The molecular weight excluding hydrogens is 300 g/mol. The van der Waals surface area contributed by atoms with Crippen LogP contribution >= 0.6 is 0 Å². The molecule has 2 heterocycles. The molecule has 2 N–H and O–H groups in total. The zero-order valence-electron chi connectivity index (χ0n) is 13.2. The fraction of sp³-hybridized carbons (Fsp3) is 0.211. The zero-order chi connectivity index (χ0) is 16.4. The standard InChI is InChI=1S/C19H18N4O/c24-13(9-11-18-20-14-5-1-2-6-15(14)21-18)10-12-19-22-16-7-3-4-8-17(16)23-19/h1-8H,9-12H2,(H,20,21)(H,22,23). The summed E-state index contributed by atoms with van der Waals surface area (Å²) in [4.78, 5) is 27.7. The van der Waals surface area contributed by atoms with Gasteiger partial charge in [0.15, 0.2) is 0 Å². The summed E-state index contributed by atoms with van der Waals surface area (Å²) in [7, 11) is 0. The van der Waals surface area contributed by atoms with Gasteiger partial charge in [0.25, 0.3) is 0 Å². The van der Waals surface area contributed by atoms with E-state index in [1.165, 1.54) is 0 Å². The number of aromatic nitrogens is 4. The van der Waals surface area contributed by atoms with E-state index >= 15 is 0 Å². The fourth-order valence-electron chi connectivity index (χ4n) is 2.89. The fourth-order valence-corrected chi connectivity index (χ4v) is 2.89. The van der Waals surface area contributed by atoms with E-state index < -0.39 is 0 Å². The third kappa shape index (κ3) is 3.06. The molecule has 5 heteroatoms. The normalized spacial score (nSPS) is 11.3. The molecule has 2 aromatic heterocycles. The van der Waals surface area contributed by atoms with Crippen LogP contribution in [0.25, 0.3) is 22.1 Å². The molecule has 0 spiro atoms. The van der Waals surface area contributed by atoms with Gasteiger partial charge in [0.05, 0.1) is 22.1 Å². The molecule has 120 valence electrons. The van der Waals surface area contributed by atoms with Crippen LogP contribution in [0.5, 0.6) is 0 Å². The number of carbonyl (C=O) groups is 1. The van der Waals surface area contributed by atoms with E-state index in [9.17, 15) is 4.79 Å². The van der Waals surface area contributed by atoms with E-state index in [1.54, 1.807) is 0 Å². The molecule has 24 heavy (non-hydrogen) atoms. The number of nitrogens with one attached hydrogen (secondary N) is 2. The lowest BCUT2D eigenvalue weighted by Crippen LogP contribution is -2.03. The molecule has 0 radical (unpaired) electrons. The van der Waals surface area contributed by atoms with Crippen LogP contribution in [0.1, 0.15) is 24.5 Å². The van der Waals surface area contributed by atoms with Crippen molar-refractivity contribution in [1.29, 1.82) is 0 Å². The van der Waals surface area contributed by atoms with Gasteiger partial charge in [-0.1, -0.05) is 24.3 Å². The predicted molar refractivity (Wildman–Crippen MR) is 93.8 cm³/mol. The van der Waals surface area contributed by atoms with Crippen molar-refractivity contribution in [3.63, 3.8) is 0 Å². The minimum absolute atomic E-state index is 0.232. The third-order valence-electron chi connectivity index (χ3n) is 4.16. The molecule has 0 saturated heterocycles. The molecule has 4 rings (SSSR count). The Morgan fingerprint density at radius 3 is 1.67 bits per heavy atom. The first-order valence-electron chi connectivity index (χ1n) is 8.17. The highest BCUT2D eigenvalue weighted by Crippen LogP contribution is 2.13. The van der Waals surface area contributed by atoms with Crippen LogP contribution in [0.15, 0.2) is 48.5 Å². The van der Waals surface area contributed by atoms with Gasteiger partial charge < -0.3 is 9.97 Å². The maximum atomic E-state index is 12.1. The number of hydrogen-bond acceptors (Lipinski definition) is 3. The number of H-pyrrole nitrogens is 2. The maximum absolute atomic E-state index is 12.1. The van der Waals surface area contributed by atoms with E-state index in [0.29, 0.717) is 25.7 Å². The van der Waals surface area contributed by atoms with Crippen LogP contribution in [-0.2, 0) is 17.6 Å². The molecular formula is C19H18N4O. The molecule has 5 nitrogen and oxygen atoms in total. The van der Waals surface area contributed by atoms with Gasteiger partial charge in [-0.15, -0.1) is 0 Å². The van der Waals surface area contributed by atoms with Crippen molar-refractivity contribution < 1.29 is 4.79 Å². The number of ketones is 1. The van der Waals surface area contributed by atoms with Gasteiger partial charge in [-0.3, -0.25) is 4.79 Å². The average molecular weight is 318 g/mol. The molecule has 0 amide bonds. The molecule has 0 aliphatic heterocycles. The van der Waals surface area contributed by atoms with Crippen molar-refractivity contribution in [2.45, 2.75) is 25.7 Å². The largest absolute Gasteiger partial charge is 0.342 e. The van der Waals surface area contributed by atoms with E-state index in [2.05, 4.69) is 19.9 Å². The van der Waals surface area contributed by atoms with Crippen molar-refractivity contribution in [2.24, 2.45) is 0 Å². The van der Waals surface area contributed by atoms with Crippen LogP contribution in [0.3, 0.4) is 0 Å². The number of aromatic amines is 2. The monoisotopic (exact) mass is 318 g/mol. The highest BCUT2D eigenvalue weighted by molar-refractivity contribution is 5.79. The number of benzene rings is 2. The van der Waals surface area contributed by atoms with E-state index in [0.717, 1.165) is 33.7 Å². The summed E-state index contributed by atoms with van der Waals surface area (Å²) in [5.41, 5.74) is 3.92. The molecule has 0 saturated carbocycles. The Kier molecular flexibility index (Phi) is 3.83. The Balaban J connectivity index is 1.33. The van der Waals surface area contributed by atoms with Crippen LogP contribution in [-0.4, -0.2) is 25.7 Å². The highest BCUT2D eigenvalue weighted by Gasteiger charge is 2.08. The minimum atomic E-state index is 0.232. The minimum Gasteiger partial charge on any atom is -0.342 e. The van der Waals surface area contributed by atoms with Crippen molar-refractivity contribution in [2.75, 3.05) is 0 Å². The smallest absolute Gasteiger partial charge is 0.133 e. The van der Waals surface area contributed by atoms with Gasteiger partial charge in [0.2, 0.25) is 0 Å². The van der Waals surface area contributed by atoms with Gasteiger partial charge in [0, 0.05) is 25.7 Å². The van der Waals surface area contributed by atoms with Crippen molar-refractivity contribution in [3.8, 4) is 0 Å². The summed E-state index contributed by atoms with van der Waals surface area (Å²) in [6, 6.07) is 15.8. The molecule has 0 unspecified atom stereocenters. The topological polar surface area (TPSA) is 74.4 Å². The predicted octanol–water partition coefficient (Wildman–Crippen LogP) is 3.57. The average Bonchev–Trinajstić information content (AvgIpc) is 3.21. The third-order valence-corrected chi connectivity index (χ3v) is 4.16. The summed E-state index contributed by atoms with van der Waals surface area (Å²) >= 11 is 0. The molecule has 0 aliphatic rings. The van der Waals surface area contributed by atoms with Gasteiger partial charge >= 0.3 is 0 Å². The summed E-state index contributed by atoms with van der Waals surface area (Å²) in [5, 5.41) is 0. The Morgan fingerprint density at radius 1 is 0.750 bits per heavy atom. The van der Waals surface area contributed by atoms with Gasteiger partial charge in [-0.2, -0.15) is 0 Å². The number of Topliss-reactive ketones (excluding diaryl/α,β-unsaturated/α-hetero) is 1. The molecule has 0 aliphatic carbocycles. The van der Waals surface area contributed by atoms with Crippen LogP contribution in [0.4, 0.5) is 0 Å². The summed E-state index contributed by atoms with van der Waals surface area (Å²) in [6.07, 6.45) is 2.29. The lowest BCUT2D eigenvalue weighted by atomic mass is 10.1.